The minimum absolute atomic E-state index is 0.273. The third-order valence-corrected chi connectivity index (χ3v) is 3.86. The van der Waals surface area contributed by atoms with E-state index in [9.17, 15) is 0 Å². The number of hydrogen-bond donors (Lipinski definition) is 0. The van der Waals surface area contributed by atoms with Crippen LogP contribution in [0.15, 0.2) is 30.5 Å². The van der Waals surface area contributed by atoms with Crippen molar-refractivity contribution in [2.45, 2.75) is 12.8 Å². The fourth-order valence-electron chi connectivity index (χ4n) is 2.14. The molecule has 102 valence electrons. The smallest absolute Gasteiger partial charge is 0.165 e. The summed E-state index contributed by atoms with van der Waals surface area (Å²) in [5, 5.41) is 1.12. The molecule has 0 unspecified atom stereocenters. The quantitative estimate of drug-likeness (QED) is 0.635. The molecule has 20 heavy (non-hydrogen) atoms. The summed E-state index contributed by atoms with van der Waals surface area (Å²) >= 11 is 18.2. The van der Waals surface area contributed by atoms with Gasteiger partial charge in [0, 0.05) is 11.2 Å². The van der Waals surface area contributed by atoms with Crippen LogP contribution in [0.25, 0.3) is 16.9 Å². The zero-order chi connectivity index (χ0) is 14.3. The van der Waals surface area contributed by atoms with Gasteiger partial charge in [0.25, 0.3) is 0 Å². The molecule has 0 bridgehead atoms. The first-order chi connectivity index (χ1) is 9.61. The lowest BCUT2D eigenvalue weighted by Gasteiger charge is -2.09. The molecule has 0 N–H and O–H groups in total. The van der Waals surface area contributed by atoms with Gasteiger partial charge in [-0.15, -0.1) is 11.6 Å². The molecule has 0 spiro atoms. The highest BCUT2D eigenvalue weighted by molar-refractivity contribution is 6.35. The molecule has 3 nitrogen and oxygen atoms in total. The monoisotopic (exact) mass is 325 g/mol. The van der Waals surface area contributed by atoms with Gasteiger partial charge >= 0.3 is 0 Å². The molecule has 0 amide bonds. The second-order valence-corrected chi connectivity index (χ2v) is 5.50. The Hall–Kier alpha value is -1.29. The van der Waals surface area contributed by atoms with Crippen LogP contribution in [-0.4, -0.2) is 14.5 Å². The summed E-state index contributed by atoms with van der Waals surface area (Å²) in [5.74, 6) is 0.974. The van der Waals surface area contributed by atoms with Crippen molar-refractivity contribution < 1.29 is 0 Å². The third kappa shape index (κ3) is 2.16. The van der Waals surface area contributed by atoms with E-state index in [0.29, 0.717) is 15.9 Å². The van der Waals surface area contributed by atoms with E-state index in [1.165, 1.54) is 0 Å². The summed E-state index contributed by atoms with van der Waals surface area (Å²) in [6, 6.07) is 7.23. The van der Waals surface area contributed by atoms with E-state index in [0.717, 1.165) is 22.4 Å². The average Bonchev–Trinajstić information content (AvgIpc) is 2.79. The van der Waals surface area contributed by atoms with Crippen molar-refractivity contribution in [1.29, 1.82) is 0 Å². The molecule has 0 aliphatic rings. The van der Waals surface area contributed by atoms with Crippen molar-refractivity contribution >= 4 is 46.0 Å². The highest BCUT2D eigenvalue weighted by Crippen LogP contribution is 2.29. The van der Waals surface area contributed by atoms with Crippen molar-refractivity contribution in [3.05, 3.63) is 51.9 Å². The van der Waals surface area contributed by atoms with Crippen LogP contribution in [0.3, 0.4) is 0 Å². The summed E-state index contributed by atoms with van der Waals surface area (Å²) in [7, 11) is 0. The molecule has 0 aliphatic heterocycles. The highest BCUT2D eigenvalue weighted by atomic mass is 35.5. The molecule has 0 radical (unpaired) electrons. The van der Waals surface area contributed by atoms with Crippen LogP contribution in [0.5, 0.6) is 0 Å². The van der Waals surface area contributed by atoms with Crippen LogP contribution in [0.1, 0.15) is 11.4 Å². The molecule has 2 aromatic heterocycles. The van der Waals surface area contributed by atoms with Gasteiger partial charge in [-0.2, -0.15) is 0 Å². The standard InChI is InChI=1S/C14H10Cl3N3/c1-8-4-5-18-14-13(8)19-12(7-15)20(14)11-3-2-9(16)6-10(11)17/h2-6H,7H2,1H3. The molecule has 0 saturated heterocycles. The van der Waals surface area contributed by atoms with Gasteiger partial charge in [0.1, 0.15) is 11.3 Å². The zero-order valence-corrected chi connectivity index (χ0v) is 12.8. The molecule has 1 aromatic carbocycles. The second-order valence-electron chi connectivity index (χ2n) is 4.39. The number of pyridine rings is 1. The molecule has 2 heterocycles. The number of rotatable bonds is 2. The van der Waals surface area contributed by atoms with Gasteiger partial charge < -0.3 is 0 Å². The first kappa shape index (κ1) is 13.7. The number of alkyl halides is 1. The summed E-state index contributed by atoms with van der Waals surface area (Å²) in [4.78, 5) is 8.95. The van der Waals surface area contributed by atoms with Crippen LogP contribution in [0.4, 0.5) is 0 Å². The van der Waals surface area contributed by atoms with Crippen molar-refractivity contribution in [1.82, 2.24) is 14.5 Å². The fraction of sp³-hybridized carbons (Fsp3) is 0.143. The Bertz CT molecular complexity index is 796. The number of hydrogen-bond acceptors (Lipinski definition) is 2. The Morgan fingerprint density at radius 2 is 2.00 bits per heavy atom. The largest absolute Gasteiger partial charge is 0.278 e. The van der Waals surface area contributed by atoms with Gasteiger partial charge in [0.05, 0.1) is 16.6 Å². The summed E-state index contributed by atoms with van der Waals surface area (Å²) in [6.07, 6.45) is 1.75. The maximum absolute atomic E-state index is 6.29. The third-order valence-electron chi connectivity index (χ3n) is 3.09. The number of imidazole rings is 1. The molecule has 0 fully saturated rings. The van der Waals surface area contributed by atoms with Crippen LogP contribution >= 0.6 is 34.8 Å². The number of aromatic nitrogens is 3. The van der Waals surface area contributed by atoms with Crippen molar-refractivity contribution in [2.24, 2.45) is 0 Å². The van der Waals surface area contributed by atoms with Gasteiger partial charge in [-0.3, -0.25) is 4.57 Å². The minimum Gasteiger partial charge on any atom is -0.278 e. The van der Waals surface area contributed by atoms with E-state index in [1.54, 1.807) is 18.3 Å². The zero-order valence-electron chi connectivity index (χ0n) is 10.6. The number of aryl methyl sites for hydroxylation is 1. The predicted molar refractivity (Wildman–Crippen MR) is 83.2 cm³/mol. The number of fused-ring (bicyclic) bond motifs is 1. The molecule has 0 saturated carbocycles. The van der Waals surface area contributed by atoms with Gasteiger partial charge in [-0.25, -0.2) is 9.97 Å². The maximum atomic E-state index is 6.29. The lowest BCUT2D eigenvalue weighted by molar-refractivity contribution is 0.970. The molecule has 3 aromatic rings. The Morgan fingerprint density at radius 1 is 1.20 bits per heavy atom. The first-order valence-corrected chi connectivity index (χ1v) is 7.25. The Morgan fingerprint density at radius 3 is 2.70 bits per heavy atom. The Labute approximate surface area is 131 Å². The fourth-order valence-corrected chi connectivity index (χ4v) is 2.82. The predicted octanol–water partition coefficient (Wildman–Crippen LogP) is 4.77. The van der Waals surface area contributed by atoms with Crippen LogP contribution in [0, 0.1) is 6.92 Å². The molecule has 3 rings (SSSR count). The van der Waals surface area contributed by atoms with E-state index in [-0.39, 0.29) is 5.88 Å². The van der Waals surface area contributed by atoms with Crippen LogP contribution < -0.4 is 0 Å². The van der Waals surface area contributed by atoms with Crippen LogP contribution in [0.2, 0.25) is 10.0 Å². The molecule has 0 aliphatic carbocycles. The van der Waals surface area contributed by atoms with Crippen LogP contribution in [-0.2, 0) is 5.88 Å². The van der Waals surface area contributed by atoms with Gasteiger partial charge in [0.2, 0.25) is 0 Å². The normalized spacial score (nSPS) is 11.2. The lowest BCUT2D eigenvalue weighted by atomic mass is 10.2. The summed E-state index contributed by atoms with van der Waals surface area (Å²) in [6.45, 7) is 1.99. The summed E-state index contributed by atoms with van der Waals surface area (Å²) in [5.41, 5.74) is 3.39. The van der Waals surface area contributed by atoms with E-state index in [1.807, 2.05) is 23.6 Å². The summed E-state index contributed by atoms with van der Waals surface area (Å²) < 4.78 is 1.87. The van der Waals surface area contributed by atoms with E-state index in [4.69, 9.17) is 34.8 Å². The lowest BCUT2D eigenvalue weighted by Crippen LogP contribution is -2.01. The molecule has 6 heteroatoms. The van der Waals surface area contributed by atoms with E-state index < -0.39 is 0 Å². The average molecular weight is 327 g/mol. The highest BCUT2D eigenvalue weighted by Gasteiger charge is 2.16. The Kier molecular flexibility index (Phi) is 3.59. The molecular formula is C14H10Cl3N3. The maximum Gasteiger partial charge on any atom is 0.165 e. The van der Waals surface area contributed by atoms with Gasteiger partial charge in [-0.1, -0.05) is 23.2 Å². The topological polar surface area (TPSA) is 30.7 Å². The number of halogens is 3. The Balaban J connectivity index is 2.37. The van der Waals surface area contributed by atoms with Gasteiger partial charge in [0.15, 0.2) is 5.65 Å². The second kappa shape index (κ2) is 5.24. The van der Waals surface area contributed by atoms with Gasteiger partial charge in [-0.05, 0) is 36.8 Å². The molecular weight excluding hydrogens is 317 g/mol. The SMILES string of the molecule is Cc1ccnc2c1nc(CCl)n2-c1ccc(Cl)cc1Cl. The van der Waals surface area contributed by atoms with Crippen molar-refractivity contribution in [2.75, 3.05) is 0 Å². The van der Waals surface area contributed by atoms with E-state index in [2.05, 4.69) is 9.97 Å². The van der Waals surface area contributed by atoms with Crippen molar-refractivity contribution in [3.63, 3.8) is 0 Å². The molecule has 0 atom stereocenters. The minimum atomic E-state index is 0.273. The number of nitrogens with zero attached hydrogens (tertiary/aromatic N) is 3. The number of benzene rings is 1. The van der Waals surface area contributed by atoms with Crippen molar-refractivity contribution in [3.8, 4) is 5.69 Å². The first-order valence-electron chi connectivity index (χ1n) is 5.96. The van der Waals surface area contributed by atoms with E-state index >= 15 is 0 Å².